The van der Waals surface area contributed by atoms with Gasteiger partial charge in [0.1, 0.15) is 5.54 Å². The molecule has 0 radical (unpaired) electrons. The predicted molar refractivity (Wildman–Crippen MR) is 110 cm³/mol. The first-order valence-corrected chi connectivity index (χ1v) is 9.72. The van der Waals surface area contributed by atoms with Gasteiger partial charge in [0.05, 0.1) is 17.2 Å². The fourth-order valence-corrected chi connectivity index (χ4v) is 3.28. The lowest BCUT2D eigenvalue weighted by molar-refractivity contribution is -0.123. The summed E-state index contributed by atoms with van der Waals surface area (Å²) in [6.45, 7) is 5.98. The van der Waals surface area contributed by atoms with Crippen molar-refractivity contribution < 1.29 is 4.79 Å². The number of nitrogens with zero attached hydrogens (tertiary/aromatic N) is 4. The molecule has 0 bridgehead atoms. The summed E-state index contributed by atoms with van der Waals surface area (Å²) in [7, 11) is 0. The average molecular weight is 471 g/mol. The van der Waals surface area contributed by atoms with Crippen LogP contribution in [0.5, 0.6) is 0 Å². The van der Waals surface area contributed by atoms with Crippen LogP contribution in [0.25, 0.3) is 0 Å². The second-order valence-electron chi connectivity index (χ2n) is 6.68. The van der Waals surface area contributed by atoms with E-state index in [1.54, 1.807) is 47.7 Å². The Morgan fingerprint density at radius 3 is 2.67 bits per heavy atom. The number of carbonyl (C=O) groups is 1. The van der Waals surface area contributed by atoms with Gasteiger partial charge in [0.2, 0.25) is 0 Å². The molecule has 1 amide bonds. The van der Waals surface area contributed by atoms with Crippen LogP contribution < -0.4 is 5.32 Å². The van der Waals surface area contributed by atoms with Crippen molar-refractivity contribution in [2.24, 2.45) is 0 Å². The maximum absolute atomic E-state index is 12.7. The van der Waals surface area contributed by atoms with Gasteiger partial charge in [0.25, 0.3) is 5.91 Å². The zero-order valence-electron chi connectivity index (χ0n) is 15.0. The van der Waals surface area contributed by atoms with Gasteiger partial charge < -0.3 is 5.32 Å². The molecule has 0 aliphatic rings. The van der Waals surface area contributed by atoms with E-state index in [2.05, 4.69) is 31.4 Å². The summed E-state index contributed by atoms with van der Waals surface area (Å²) < 4.78 is 4.19. The zero-order chi connectivity index (χ0) is 19.8. The molecule has 6 nitrogen and oxygen atoms in total. The molecule has 2 aromatic heterocycles. The highest BCUT2D eigenvalue weighted by Crippen LogP contribution is 2.23. The maximum Gasteiger partial charge on any atom is 0.252 e. The second-order valence-corrected chi connectivity index (χ2v) is 8.44. The number of rotatable bonds is 5. The molecular weight excluding hydrogens is 453 g/mol. The molecule has 0 saturated carbocycles. The third kappa shape index (κ3) is 4.36. The fourth-order valence-electron chi connectivity index (χ4n) is 2.52. The number of benzene rings is 1. The molecule has 2 heterocycles. The topological polar surface area (TPSA) is 64.7 Å². The molecule has 0 atom stereocenters. The Bertz CT molecular complexity index is 996. The lowest BCUT2D eigenvalue weighted by Crippen LogP contribution is -2.40. The van der Waals surface area contributed by atoms with Gasteiger partial charge >= 0.3 is 0 Å². The highest BCUT2D eigenvalue weighted by atomic mass is 79.9. The summed E-state index contributed by atoms with van der Waals surface area (Å²) in [5, 5.41) is 12.7. The third-order valence-corrected chi connectivity index (χ3v) is 5.23. The van der Waals surface area contributed by atoms with Crippen molar-refractivity contribution in [3.05, 3.63) is 62.4 Å². The maximum atomic E-state index is 12.7. The summed E-state index contributed by atoms with van der Waals surface area (Å²) in [5.41, 5.74) is 0.922. The molecule has 1 aromatic carbocycles. The van der Waals surface area contributed by atoms with E-state index in [0.717, 1.165) is 15.7 Å². The van der Waals surface area contributed by atoms with Crippen molar-refractivity contribution in [3.63, 3.8) is 0 Å². The van der Waals surface area contributed by atoms with Gasteiger partial charge in [-0.25, -0.2) is 0 Å². The average Bonchev–Trinajstić information content (AvgIpc) is 3.16. The summed E-state index contributed by atoms with van der Waals surface area (Å²) in [6.07, 6.45) is 3.40. The van der Waals surface area contributed by atoms with Gasteiger partial charge in [-0.05, 0) is 54.4 Å². The quantitative estimate of drug-likeness (QED) is 0.577. The van der Waals surface area contributed by atoms with E-state index >= 15 is 0 Å². The van der Waals surface area contributed by atoms with Crippen LogP contribution in [0.2, 0.25) is 10.0 Å². The number of amides is 1. The normalized spacial score (nSPS) is 11.6. The Balaban J connectivity index is 1.77. The molecule has 0 aliphatic heterocycles. The molecule has 0 aliphatic carbocycles. The van der Waals surface area contributed by atoms with Gasteiger partial charge in [-0.3, -0.25) is 14.2 Å². The Hall–Kier alpha value is -1.83. The van der Waals surface area contributed by atoms with Crippen LogP contribution in [0.15, 0.2) is 41.1 Å². The minimum Gasteiger partial charge on any atom is -0.307 e. The monoisotopic (exact) mass is 469 g/mol. The molecule has 0 saturated heterocycles. The molecule has 0 spiro atoms. The first kappa shape index (κ1) is 19.9. The van der Waals surface area contributed by atoms with Crippen LogP contribution in [0.1, 0.15) is 25.1 Å². The Labute approximate surface area is 175 Å². The zero-order valence-corrected chi connectivity index (χ0v) is 18.1. The molecule has 27 heavy (non-hydrogen) atoms. The number of hydrogen-bond acceptors (Lipinski definition) is 3. The number of halogens is 3. The first-order chi connectivity index (χ1) is 12.7. The molecule has 9 heteroatoms. The van der Waals surface area contributed by atoms with E-state index in [0.29, 0.717) is 22.4 Å². The van der Waals surface area contributed by atoms with Crippen LogP contribution in [0.3, 0.4) is 0 Å². The SMILES string of the molecule is Cc1cc(NC(=O)C(C)(C)n2cc(Br)cn2)nn1Cc1ccc(Cl)cc1Cl. The summed E-state index contributed by atoms with van der Waals surface area (Å²) >= 11 is 15.5. The van der Waals surface area contributed by atoms with Crippen LogP contribution >= 0.6 is 39.1 Å². The first-order valence-electron chi connectivity index (χ1n) is 8.17. The standard InChI is InChI=1S/C18H18BrCl2N5O/c1-11-6-16(23-17(27)18(2,3)26-10-13(19)8-22-26)24-25(11)9-12-4-5-14(20)7-15(12)21/h4-8,10H,9H2,1-3H3,(H,23,24,27). The van der Waals surface area contributed by atoms with E-state index in [-0.39, 0.29) is 5.91 Å². The largest absolute Gasteiger partial charge is 0.307 e. The number of aromatic nitrogens is 4. The second kappa shape index (κ2) is 7.66. The molecule has 142 valence electrons. The summed E-state index contributed by atoms with van der Waals surface area (Å²) in [6, 6.07) is 7.17. The molecule has 0 unspecified atom stereocenters. The van der Waals surface area contributed by atoms with Crippen LogP contribution in [0, 0.1) is 6.92 Å². The van der Waals surface area contributed by atoms with Gasteiger partial charge in [-0.1, -0.05) is 29.3 Å². The minimum atomic E-state index is -0.872. The Morgan fingerprint density at radius 2 is 2.04 bits per heavy atom. The van der Waals surface area contributed by atoms with Gasteiger partial charge in [0, 0.05) is 28.0 Å². The van der Waals surface area contributed by atoms with Crippen LogP contribution in [-0.4, -0.2) is 25.5 Å². The molecular formula is C18H18BrCl2N5O. The number of anilines is 1. The van der Waals surface area contributed by atoms with Crippen LogP contribution in [-0.2, 0) is 16.9 Å². The smallest absolute Gasteiger partial charge is 0.252 e. The Kier molecular flexibility index (Phi) is 5.65. The molecule has 3 aromatic rings. The van der Waals surface area contributed by atoms with Gasteiger partial charge in [-0.15, -0.1) is 0 Å². The van der Waals surface area contributed by atoms with E-state index in [1.165, 1.54) is 0 Å². The van der Waals surface area contributed by atoms with Crippen molar-refractivity contribution in [2.75, 3.05) is 5.32 Å². The van der Waals surface area contributed by atoms with Crippen molar-refractivity contribution in [2.45, 2.75) is 32.9 Å². The van der Waals surface area contributed by atoms with Crippen molar-refractivity contribution in [3.8, 4) is 0 Å². The summed E-state index contributed by atoms with van der Waals surface area (Å²) in [5.74, 6) is 0.258. The molecule has 0 fully saturated rings. The van der Waals surface area contributed by atoms with E-state index in [4.69, 9.17) is 23.2 Å². The number of aryl methyl sites for hydroxylation is 1. The summed E-state index contributed by atoms with van der Waals surface area (Å²) in [4.78, 5) is 12.7. The van der Waals surface area contributed by atoms with Crippen molar-refractivity contribution in [1.82, 2.24) is 19.6 Å². The minimum absolute atomic E-state index is 0.215. The Morgan fingerprint density at radius 1 is 1.30 bits per heavy atom. The van der Waals surface area contributed by atoms with E-state index in [9.17, 15) is 4.79 Å². The van der Waals surface area contributed by atoms with E-state index in [1.807, 2.05) is 19.1 Å². The van der Waals surface area contributed by atoms with Crippen molar-refractivity contribution >= 4 is 50.9 Å². The molecule has 1 N–H and O–H groups in total. The third-order valence-electron chi connectivity index (χ3n) is 4.24. The van der Waals surface area contributed by atoms with E-state index < -0.39 is 5.54 Å². The number of carbonyl (C=O) groups excluding carboxylic acids is 1. The lowest BCUT2D eigenvalue weighted by Gasteiger charge is -2.23. The van der Waals surface area contributed by atoms with Crippen LogP contribution in [0.4, 0.5) is 5.82 Å². The van der Waals surface area contributed by atoms with Gasteiger partial charge in [-0.2, -0.15) is 10.2 Å². The highest BCUT2D eigenvalue weighted by molar-refractivity contribution is 9.10. The van der Waals surface area contributed by atoms with Gasteiger partial charge in [0.15, 0.2) is 5.82 Å². The number of hydrogen-bond donors (Lipinski definition) is 1. The molecule has 3 rings (SSSR count). The number of nitrogens with one attached hydrogen (secondary N) is 1. The fraction of sp³-hybridized carbons (Fsp3) is 0.278. The highest BCUT2D eigenvalue weighted by Gasteiger charge is 2.31. The van der Waals surface area contributed by atoms with Crippen molar-refractivity contribution in [1.29, 1.82) is 0 Å². The lowest BCUT2D eigenvalue weighted by atomic mass is 10.1. The predicted octanol–water partition coefficient (Wildman–Crippen LogP) is 4.88.